The normalized spacial score (nSPS) is 17.3. The van der Waals surface area contributed by atoms with Crippen molar-refractivity contribution in [2.24, 2.45) is 0 Å². The summed E-state index contributed by atoms with van der Waals surface area (Å²) in [6.45, 7) is 1.78. The van der Waals surface area contributed by atoms with Crippen LogP contribution in [0.1, 0.15) is 18.7 Å². The minimum absolute atomic E-state index is 0.432. The van der Waals surface area contributed by atoms with Gasteiger partial charge in [-0.1, -0.05) is 34.1 Å². The number of ether oxygens (including phenoxy) is 1. The molecular weight excluding hydrogens is 392 g/mol. The summed E-state index contributed by atoms with van der Waals surface area (Å²) < 4.78 is 11.8. The van der Waals surface area contributed by atoms with Crippen molar-refractivity contribution in [1.29, 1.82) is 0 Å². The second-order valence-corrected chi connectivity index (χ2v) is 6.51. The Morgan fingerprint density at radius 3 is 2.75 bits per heavy atom. The van der Waals surface area contributed by atoms with Crippen LogP contribution in [0.25, 0.3) is 11.3 Å². The van der Waals surface area contributed by atoms with E-state index in [4.69, 9.17) is 21.4 Å². The first-order chi connectivity index (χ1) is 11.5. The third-order valence-corrected chi connectivity index (χ3v) is 4.64. The van der Waals surface area contributed by atoms with Crippen LogP contribution in [0, 0.1) is 0 Å². The van der Waals surface area contributed by atoms with Gasteiger partial charge in [-0.05, 0) is 37.3 Å². The smallest absolute Gasteiger partial charge is 0.338 e. The second-order valence-electron chi connectivity index (χ2n) is 5.24. The van der Waals surface area contributed by atoms with Crippen molar-refractivity contribution in [3.05, 3.63) is 57.9 Å². The number of allylic oxidation sites excluding steroid dienone is 1. The molecule has 7 heteroatoms. The molecule has 2 N–H and O–H groups in total. The number of hydrogen-bond donors (Lipinski definition) is 2. The van der Waals surface area contributed by atoms with Gasteiger partial charge >= 0.3 is 5.97 Å². The lowest BCUT2D eigenvalue weighted by atomic mass is 10.0. The number of carbonyl (C=O) groups is 1. The molecule has 0 bridgehead atoms. The first-order valence-corrected chi connectivity index (χ1v) is 8.42. The van der Waals surface area contributed by atoms with Crippen LogP contribution in [0.5, 0.6) is 0 Å². The van der Waals surface area contributed by atoms with Crippen molar-refractivity contribution in [3.8, 4) is 11.3 Å². The zero-order chi connectivity index (χ0) is 17.3. The number of hydrogen-bond acceptors (Lipinski definition) is 4. The van der Waals surface area contributed by atoms with E-state index in [-0.39, 0.29) is 0 Å². The van der Waals surface area contributed by atoms with E-state index in [0.29, 0.717) is 27.9 Å². The van der Waals surface area contributed by atoms with Crippen LogP contribution in [0.3, 0.4) is 0 Å². The highest BCUT2D eigenvalue weighted by molar-refractivity contribution is 9.10. The lowest BCUT2D eigenvalue weighted by Gasteiger charge is -2.27. The summed E-state index contributed by atoms with van der Waals surface area (Å²) in [5.74, 6) is 0.855. The molecule has 0 saturated carbocycles. The molecule has 1 aliphatic heterocycles. The van der Waals surface area contributed by atoms with Crippen LogP contribution < -0.4 is 10.6 Å². The van der Waals surface area contributed by atoms with Crippen molar-refractivity contribution in [1.82, 2.24) is 10.6 Å². The fourth-order valence-corrected chi connectivity index (χ4v) is 3.35. The Morgan fingerprint density at radius 1 is 1.29 bits per heavy atom. The third-order valence-electron chi connectivity index (χ3n) is 3.73. The quantitative estimate of drug-likeness (QED) is 0.598. The molecule has 1 aromatic heterocycles. The summed E-state index contributed by atoms with van der Waals surface area (Å²) in [4.78, 5) is 12.1. The SMILES string of the molecule is COC(=O)C1=C(C)NC(=S)N[C@@H]1c1ccc(-c2ccccc2Br)o1. The van der Waals surface area contributed by atoms with E-state index in [2.05, 4.69) is 26.6 Å². The van der Waals surface area contributed by atoms with Gasteiger partial charge in [0.05, 0.1) is 12.7 Å². The molecule has 3 rings (SSSR count). The van der Waals surface area contributed by atoms with Crippen LogP contribution in [-0.4, -0.2) is 18.2 Å². The Morgan fingerprint density at radius 2 is 2.04 bits per heavy atom. The van der Waals surface area contributed by atoms with Crippen LogP contribution in [-0.2, 0) is 9.53 Å². The molecule has 1 aromatic carbocycles. The molecule has 0 saturated heterocycles. The average molecular weight is 407 g/mol. The highest BCUT2D eigenvalue weighted by Gasteiger charge is 2.32. The Bertz CT molecular complexity index is 844. The lowest BCUT2D eigenvalue weighted by Crippen LogP contribution is -2.44. The number of thiocarbonyl (C=S) groups is 1. The van der Waals surface area contributed by atoms with E-state index in [1.54, 1.807) is 6.92 Å². The van der Waals surface area contributed by atoms with E-state index in [1.807, 2.05) is 36.4 Å². The monoisotopic (exact) mass is 406 g/mol. The van der Waals surface area contributed by atoms with Gasteiger partial charge in [0, 0.05) is 15.7 Å². The predicted octanol–water partition coefficient (Wildman–Crippen LogP) is 3.67. The van der Waals surface area contributed by atoms with Crippen LogP contribution in [0.2, 0.25) is 0 Å². The second kappa shape index (κ2) is 6.78. The first-order valence-electron chi connectivity index (χ1n) is 7.22. The van der Waals surface area contributed by atoms with E-state index in [9.17, 15) is 4.79 Å². The molecule has 0 unspecified atom stereocenters. The van der Waals surface area contributed by atoms with Gasteiger partial charge in [-0.15, -0.1) is 0 Å². The zero-order valence-corrected chi connectivity index (χ0v) is 15.5. The van der Waals surface area contributed by atoms with Gasteiger partial charge in [0.2, 0.25) is 0 Å². The van der Waals surface area contributed by atoms with Gasteiger partial charge < -0.3 is 19.8 Å². The van der Waals surface area contributed by atoms with Crippen LogP contribution in [0.15, 0.2) is 56.6 Å². The summed E-state index contributed by atoms with van der Waals surface area (Å²) in [6.07, 6.45) is 0. The maximum atomic E-state index is 12.1. The molecule has 1 aliphatic rings. The zero-order valence-electron chi connectivity index (χ0n) is 13.1. The summed E-state index contributed by atoms with van der Waals surface area (Å²) in [6, 6.07) is 11.0. The largest absolute Gasteiger partial charge is 0.466 e. The fourth-order valence-electron chi connectivity index (χ4n) is 2.60. The molecule has 24 heavy (non-hydrogen) atoms. The molecule has 0 radical (unpaired) electrons. The Kier molecular flexibility index (Phi) is 4.73. The van der Waals surface area contributed by atoms with Crippen LogP contribution >= 0.6 is 28.1 Å². The molecule has 124 valence electrons. The van der Waals surface area contributed by atoms with Gasteiger partial charge in [-0.3, -0.25) is 0 Å². The van der Waals surface area contributed by atoms with E-state index in [1.165, 1.54) is 7.11 Å². The van der Waals surface area contributed by atoms with Gasteiger partial charge in [-0.25, -0.2) is 4.79 Å². The Labute approximate surface area is 153 Å². The Balaban J connectivity index is 2.02. The van der Waals surface area contributed by atoms with Crippen molar-refractivity contribution in [3.63, 3.8) is 0 Å². The molecule has 2 aromatic rings. The topological polar surface area (TPSA) is 63.5 Å². The maximum absolute atomic E-state index is 12.1. The summed E-state index contributed by atoms with van der Waals surface area (Å²) in [7, 11) is 1.35. The highest BCUT2D eigenvalue weighted by atomic mass is 79.9. The van der Waals surface area contributed by atoms with E-state index in [0.717, 1.165) is 10.0 Å². The summed E-state index contributed by atoms with van der Waals surface area (Å²) in [5.41, 5.74) is 2.02. The molecule has 2 heterocycles. The molecule has 0 aliphatic carbocycles. The summed E-state index contributed by atoms with van der Waals surface area (Å²) >= 11 is 8.71. The lowest BCUT2D eigenvalue weighted by molar-refractivity contribution is -0.136. The molecule has 5 nitrogen and oxygen atoms in total. The van der Waals surface area contributed by atoms with Gasteiger partial charge in [0.25, 0.3) is 0 Å². The van der Waals surface area contributed by atoms with Crippen molar-refractivity contribution in [2.45, 2.75) is 13.0 Å². The molecular formula is C17H15BrN2O3S. The van der Waals surface area contributed by atoms with E-state index >= 15 is 0 Å². The number of esters is 1. The van der Waals surface area contributed by atoms with Gasteiger partial charge in [-0.2, -0.15) is 0 Å². The molecule has 0 amide bonds. The third kappa shape index (κ3) is 3.09. The molecule has 0 spiro atoms. The van der Waals surface area contributed by atoms with Gasteiger partial charge in [0.1, 0.15) is 17.6 Å². The minimum Gasteiger partial charge on any atom is -0.466 e. The van der Waals surface area contributed by atoms with Crippen molar-refractivity contribution < 1.29 is 13.9 Å². The van der Waals surface area contributed by atoms with Crippen molar-refractivity contribution >= 4 is 39.2 Å². The number of rotatable bonds is 3. The molecule has 0 fully saturated rings. The van der Waals surface area contributed by atoms with Crippen LogP contribution in [0.4, 0.5) is 0 Å². The number of nitrogens with one attached hydrogen (secondary N) is 2. The van der Waals surface area contributed by atoms with E-state index < -0.39 is 12.0 Å². The first kappa shape index (κ1) is 16.7. The average Bonchev–Trinajstić information content (AvgIpc) is 3.03. The number of methoxy groups -OCH3 is 1. The summed E-state index contributed by atoms with van der Waals surface area (Å²) in [5, 5.41) is 6.44. The predicted molar refractivity (Wildman–Crippen MR) is 98.2 cm³/mol. The maximum Gasteiger partial charge on any atom is 0.338 e. The molecule has 1 atom stereocenters. The fraction of sp³-hybridized carbons (Fsp3) is 0.176. The number of carbonyl (C=O) groups excluding carboxylic acids is 1. The number of halogens is 1. The number of benzene rings is 1. The standard InChI is InChI=1S/C17H15BrN2O3S/c1-9-14(16(21)22-2)15(20-17(24)19-9)13-8-7-12(23-13)10-5-3-4-6-11(10)18/h3-8,15H,1-2H3,(H2,19,20,24)/t15-/m1/s1. The number of furan rings is 1. The minimum atomic E-state index is -0.498. The highest BCUT2D eigenvalue weighted by Crippen LogP contribution is 2.34. The van der Waals surface area contributed by atoms with Crippen molar-refractivity contribution in [2.75, 3.05) is 7.11 Å². The Hall–Kier alpha value is -2.12. The van der Waals surface area contributed by atoms with Gasteiger partial charge in [0.15, 0.2) is 5.11 Å².